The van der Waals surface area contributed by atoms with Gasteiger partial charge in [0.05, 0.1) is 22.8 Å². The fourth-order valence-electron chi connectivity index (χ4n) is 2.24. The zero-order valence-corrected chi connectivity index (χ0v) is 11.0. The second-order valence-electron chi connectivity index (χ2n) is 4.48. The molecule has 1 amide bonds. The van der Waals surface area contributed by atoms with Crippen LogP contribution in [0.3, 0.4) is 0 Å². The van der Waals surface area contributed by atoms with Gasteiger partial charge in [0.2, 0.25) is 0 Å². The number of carbonyl (C=O) groups is 2. The van der Waals surface area contributed by atoms with Crippen LogP contribution in [0.15, 0.2) is 42.5 Å². The van der Waals surface area contributed by atoms with Crippen LogP contribution in [0, 0.1) is 5.82 Å². The number of amides is 1. The van der Waals surface area contributed by atoms with E-state index in [0.717, 1.165) is 5.56 Å². The van der Waals surface area contributed by atoms with E-state index < -0.39 is 11.7 Å². The molecule has 0 saturated heterocycles. The van der Waals surface area contributed by atoms with Gasteiger partial charge in [0.1, 0.15) is 5.82 Å². The number of fused-ring (bicyclic) bond motifs is 1. The predicted octanol–water partition coefficient (Wildman–Crippen LogP) is 3.21. The van der Waals surface area contributed by atoms with Gasteiger partial charge in [0.25, 0.3) is 11.7 Å². The third kappa shape index (κ3) is 1.98. The summed E-state index contributed by atoms with van der Waals surface area (Å²) in [5.74, 6) is -1.53. The maximum Gasteiger partial charge on any atom is 0.299 e. The highest BCUT2D eigenvalue weighted by Gasteiger charge is 2.37. The number of hydrogen-bond donors (Lipinski definition) is 0. The summed E-state index contributed by atoms with van der Waals surface area (Å²) in [5.41, 5.74) is 1.46. The second-order valence-corrected chi connectivity index (χ2v) is 4.89. The molecule has 0 saturated carbocycles. The number of ketones is 1. The van der Waals surface area contributed by atoms with Gasteiger partial charge in [-0.2, -0.15) is 0 Å². The largest absolute Gasteiger partial charge is 0.299 e. The minimum absolute atomic E-state index is 0.182. The summed E-state index contributed by atoms with van der Waals surface area (Å²) in [6.07, 6.45) is 0. The van der Waals surface area contributed by atoms with Gasteiger partial charge in [-0.3, -0.25) is 14.5 Å². The molecule has 0 aliphatic carbocycles. The zero-order chi connectivity index (χ0) is 14.3. The normalized spacial score (nSPS) is 13.8. The van der Waals surface area contributed by atoms with E-state index in [2.05, 4.69) is 0 Å². The lowest BCUT2D eigenvalue weighted by Gasteiger charge is -2.17. The molecule has 0 aromatic heterocycles. The summed E-state index contributed by atoms with van der Waals surface area (Å²) >= 11 is 6.08. The minimum atomic E-state index is -0.613. The Morgan fingerprint density at radius 2 is 1.75 bits per heavy atom. The van der Waals surface area contributed by atoms with Gasteiger partial charge in [0.15, 0.2) is 0 Å². The molecule has 0 fully saturated rings. The lowest BCUT2D eigenvalue weighted by molar-refractivity contribution is -0.114. The Kier molecular flexibility index (Phi) is 3.03. The molecule has 3 nitrogen and oxygen atoms in total. The third-order valence-corrected chi connectivity index (χ3v) is 3.50. The van der Waals surface area contributed by atoms with Crippen molar-refractivity contribution in [1.29, 1.82) is 0 Å². The molecule has 1 heterocycles. The molecule has 0 atom stereocenters. The Labute approximate surface area is 119 Å². The molecule has 20 heavy (non-hydrogen) atoms. The van der Waals surface area contributed by atoms with E-state index in [4.69, 9.17) is 11.6 Å². The van der Waals surface area contributed by atoms with Crippen LogP contribution in [0.4, 0.5) is 10.1 Å². The molecule has 1 aliphatic heterocycles. The second kappa shape index (κ2) is 4.72. The first kappa shape index (κ1) is 12.8. The first-order valence-corrected chi connectivity index (χ1v) is 6.35. The molecule has 0 bridgehead atoms. The number of nitrogens with zero attached hydrogens (tertiary/aromatic N) is 1. The SMILES string of the molecule is O=C1C(=O)N(Cc2ccc(F)cc2)c2c(Cl)cccc21. The maximum atomic E-state index is 12.9. The molecule has 0 spiro atoms. The quantitative estimate of drug-likeness (QED) is 0.796. The van der Waals surface area contributed by atoms with Crippen LogP contribution in [0.2, 0.25) is 5.02 Å². The lowest BCUT2D eigenvalue weighted by atomic mass is 10.1. The molecule has 0 N–H and O–H groups in total. The van der Waals surface area contributed by atoms with Gasteiger partial charge in [-0.05, 0) is 29.8 Å². The van der Waals surface area contributed by atoms with Gasteiger partial charge in [-0.15, -0.1) is 0 Å². The number of para-hydroxylation sites is 1. The number of halogens is 2. The lowest BCUT2D eigenvalue weighted by Crippen LogP contribution is -2.29. The number of rotatable bonds is 2. The molecule has 5 heteroatoms. The van der Waals surface area contributed by atoms with Gasteiger partial charge in [0, 0.05) is 0 Å². The number of hydrogen-bond acceptors (Lipinski definition) is 2. The maximum absolute atomic E-state index is 12.9. The van der Waals surface area contributed by atoms with Crippen LogP contribution >= 0.6 is 11.6 Å². The van der Waals surface area contributed by atoms with Gasteiger partial charge in [-0.1, -0.05) is 29.8 Å². The Bertz CT molecular complexity index is 712. The summed E-state index contributed by atoms with van der Waals surface area (Å²) in [7, 11) is 0. The molecule has 1 aliphatic rings. The number of carbonyl (C=O) groups excluding carboxylic acids is 2. The summed E-state index contributed by atoms with van der Waals surface area (Å²) in [6, 6.07) is 10.6. The number of benzene rings is 2. The van der Waals surface area contributed by atoms with E-state index in [1.807, 2.05) is 0 Å². The Morgan fingerprint density at radius 3 is 2.45 bits per heavy atom. The van der Waals surface area contributed by atoms with Crippen molar-refractivity contribution in [2.24, 2.45) is 0 Å². The molecule has 100 valence electrons. The van der Waals surface area contributed by atoms with Crippen LogP contribution in [-0.4, -0.2) is 11.7 Å². The molecule has 2 aromatic rings. The summed E-state index contributed by atoms with van der Waals surface area (Å²) in [4.78, 5) is 25.2. The molecule has 3 rings (SSSR count). The summed E-state index contributed by atoms with van der Waals surface area (Å²) < 4.78 is 12.9. The highest BCUT2D eigenvalue weighted by Crippen LogP contribution is 2.36. The minimum Gasteiger partial charge on any atom is -0.299 e. The van der Waals surface area contributed by atoms with Crippen LogP contribution in [0.25, 0.3) is 0 Å². The van der Waals surface area contributed by atoms with Gasteiger partial charge >= 0.3 is 0 Å². The van der Waals surface area contributed by atoms with E-state index >= 15 is 0 Å². The van der Waals surface area contributed by atoms with Crippen molar-refractivity contribution in [1.82, 2.24) is 0 Å². The molecule has 0 unspecified atom stereocenters. The predicted molar refractivity (Wildman–Crippen MR) is 73.4 cm³/mol. The van der Waals surface area contributed by atoms with Crippen LogP contribution < -0.4 is 4.90 Å². The molecule has 2 aromatic carbocycles. The monoisotopic (exact) mass is 289 g/mol. The van der Waals surface area contributed by atoms with E-state index in [0.29, 0.717) is 16.3 Å². The molecular formula is C15H9ClFNO2. The van der Waals surface area contributed by atoms with Crippen molar-refractivity contribution in [3.05, 3.63) is 64.4 Å². The first-order chi connectivity index (χ1) is 9.58. The summed E-state index contributed by atoms with van der Waals surface area (Å²) in [6.45, 7) is 0.182. The molecular weight excluding hydrogens is 281 g/mol. The van der Waals surface area contributed by atoms with Crippen molar-refractivity contribution in [3.63, 3.8) is 0 Å². The average Bonchev–Trinajstić information content (AvgIpc) is 2.68. The third-order valence-electron chi connectivity index (χ3n) is 3.19. The van der Waals surface area contributed by atoms with Crippen LogP contribution in [0.5, 0.6) is 0 Å². The van der Waals surface area contributed by atoms with E-state index in [1.54, 1.807) is 30.3 Å². The van der Waals surface area contributed by atoms with Crippen molar-refractivity contribution >= 4 is 29.0 Å². The van der Waals surface area contributed by atoms with Crippen LogP contribution in [-0.2, 0) is 11.3 Å². The summed E-state index contributed by atoms with van der Waals surface area (Å²) in [5, 5.41) is 0.351. The van der Waals surface area contributed by atoms with Crippen molar-refractivity contribution in [3.8, 4) is 0 Å². The average molecular weight is 290 g/mol. The van der Waals surface area contributed by atoms with Crippen LogP contribution in [0.1, 0.15) is 15.9 Å². The zero-order valence-electron chi connectivity index (χ0n) is 10.3. The van der Waals surface area contributed by atoms with Gasteiger partial charge < -0.3 is 0 Å². The van der Waals surface area contributed by atoms with E-state index in [9.17, 15) is 14.0 Å². The Morgan fingerprint density at radius 1 is 1.05 bits per heavy atom. The van der Waals surface area contributed by atoms with Gasteiger partial charge in [-0.25, -0.2) is 4.39 Å². The standard InChI is InChI=1S/C15H9ClFNO2/c16-12-3-1-2-11-13(12)18(15(20)14(11)19)8-9-4-6-10(17)7-5-9/h1-7H,8H2. The fraction of sp³-hybridized carbons (Fsp3) is 0.0667. The fourth-order valence-corrected chi connectivity index (χ4v) is 2.51. The highest BCUT2D eigenvalue weighted by molar-refractivity contribution is 6.54. The Balaban J connectivity index is 2.01. The first-order valence-electron chi connectivity index (χ1n) is 5.97. The topological polar surface area (TPSA) is 37.4 Å². The van der Waals surface area contributed by atoms with Crippen molar-refractivity contribution in [2.45, 2.75) is 6.54 Å². The van der Waals surface area contributed by atoms with Crippen molar-refractivity contribution < 1.29 is 14.0 Å². The van der Waals surface area contributed by atoms with Crippen molar-refractivity contribution in [2.75, 3.05) is 4.90 Å². The molecule has 0 radical (unpaired) electrons. The van der Waals surface area contributed by atoms with E-state index in [1.165, 1.54) is 17.0 Å². The number of anilines is 1. The highest BCUT2D eigenvalue weighted by atomic mass is 35.5. The Hall–Kier alpha value is -2.20. The smallest absolute Gasteiger partial charge is 0.299 e. The number of Topliss-reactive ketones (excluding diaryl/α,β-unsaturated/α-hetero) is 1. The van der Waals surface area contributed by atoms with E-state index in [-0.39, 0.29) is 12.4 Å².